The van der Waals surface area contributed by atoms with E-state index in [0.717, 1.165) is 16.4 Å². The summed E-state index contributed by atoms with van der Waals surface area (Å²) in [6, 6.07) is 6.05. The standard InChI is InChI=1S/C20H24N4O5S2/c1-20(2,3)8-15-9-21-17(29-15)12-30-18-10-22-19(31-18)23-16(25)11-28-14-6-4-5-13(7-14)24(26)27/h4-7,9-10,26-27H,8,11-12H2,1-3H3,(H,22,23,25). The molecule has 3 N–H and O–H groups in total. The van der Waals surface area contributed by atoms with Gasteiger partial charge in [-0.3, -0.25) is 20.5 Å². The van der Waals surface area contributed by atoms with Crippen molar-refractivity contribution in [3.05, 3.63) is 48.3 Å². The number of anilines is 2. The molecule has 1 aromatic carbocycles. The Morgan fingerprint density at radius 3 is 2.84 bits per heavy atom. The van der Waals surface area contributed by atoms with E-state index in [2.05, 4.69) is 36.1 Å². The number of hydrogen-bond donors (Lipinski definition) is 3. The fraction of sp³-hybridized carbons (Fsp3) is 0.350. The van der Waals surface area contributed by atoms with Gasteiger partial charge in [0, 0.05) is 12.5 Å². The summed E-state index contributed by atoms with van der Waals surface area (Å²) in [5.41, 5.74) is 0.260. The Labute approximate surface area is 188 Å². The number of thiazole rings is 1. The number of amides is 1. The quantitative estimate of drug-likeness (QED) is 0.308. The number of carbonyl (C=O) groups is 1. The third kappa shape index (κ3) is 7.55. The van der Waals surface area contributed by atoms with Crippen LogP contribution < -0.4 is 15.3 Å². The summed E-state index contributed by atoms with van der Waals surface area (Å²) >= 11 is 2.88. The van der Waals surface area contributed by atoms with Gasteiger partial charge in [0.05, 0.1) is 28.0 Å². The molecule has 0 fully saturated rings. The molecule has 3 aromatic rings. The zero-order valence-electron chi connectivity index (χ0n) is 17.4. The van der Waals surface area contributed by atoms with Crippen molar-refractivity contribution in [3.63, 3.8) is 0 Å². The molecule has 2 aromatic heterocycles. The Kier molecular flexibility index (Phi) is 7.55. The first-order valence-electron chi connectivity index (χ1n) is 9.41. The zero-order chi connectivity index (χ0) is 22.4. The molecule has 3 rings (SSSR count). The summed E-state index contributed by atoms with van der Waals surface area (Å²) in [7, 11) is 0. The summed E-state index contributed by atoms with van der Waals surface area (Å²) in [4.78, 5) is 20.6. The molecular formula is C20H24N4O5S2. The highest BCUT2D eigenvalue weighted by Gasteiger charge is 2.15. The molecule has 11 heteroatoms. The van der Waals surface area contributed by atoms with E-state index >= 15 is 0 Å². The molecule has 0 unspecified atom stereocenters. The fourth-order valence-corrected chi connectivity index (χ4v) is 4.28. The summed E-state index contributed by atoms with van der Waals surface area (Å²) in [5, 5.41) is 21.2. The molecule has 0 spiro atoms. The Morgan fingerprint density at radius 2 is 2.10 bits per heavy atom. The van der Waals surface area contributed by atoms with Crippen LogP contribution in [-0.4, -0.2) is 32.9 Å². The number of hydrogen-bond acceptors (Lipinski definition) is 10. The minimum atomic E-state index is -0.374. The van der Waals surface area contributed by atoms with Crippen LogP contribution >= 0.6 is 23.1 Å². The van der Waals surface area contributed by atoms with Crippen LogP contribution in [0.4, 0.5) is 10.8 Å². The largest absolute Gasteiger partial charge is 0.484 e. The van der Waals surface area contributed by atoms with E-state index in [0.29, 0.717) is 22.5 Å². The van der Waals surface area contributed by atoms with E-state index in [1.165, 1.54) is 35.2 Å². The number of rotatable bonds is 9. The number of ether oxygens (including phenoxy) is 1. The number of nitrogens with one attached hydrogen (secondary N) is 1. The predicted octanol–water partition coefficient (Wildman–Crippen LogP) is 4.61. The van der Waals surface area contributed by atoms with Crippen molar-refractivity contribution in [2.24, 2.45) is 5.41 Å². The van der Waals surface area contributed by atoms with Gasteiger partial charge in [-0.2, -0.15) is 0 Å². The van der Waals surface area contributed by atoms with Crippen LogP contribution in [0.5, 0.6) is 5.75 Å². The second-order valence-corrected chi connectivity index (χ2v) is 10.2. The minimum Gasteiger partial charge on any atom is -0.484 e. The molecule has 0 radical (unpaired) electrons. The molecule has 2 heterocycles. The van der Waals surface area contributed by atoms with Gasteiger partial charge < -0.3 is 9.15 Å². The first kappa shape index (κ1) is 23.1. The third-order valence-corrected chi connectivity index (χ3v) is 5.89. The number of nitrogens with zero attached hydrogens (tertiary/aromatic N) is 3. The van der Waals surface area contributed by atoms with Crippen molar-refractivity contribution in [2.45, 2.75) is 37.2 Å². The maximum atomic E-state index is 12.1. The van der Waals surface area contributed by atoms with Crippen LogP contribution in [0.15, 0.2) is 45.3 Å². The first-order valence-corrected chi connectivity index (χ1v) is 11.2. The van der Waals surface area contributed by atoms with Crippen molar-refractivity contribution in [1.82, 2.24) is 9.97 Å². The zero-order valence-corrected chi connectivity index (χ0v) is 19.0. The maximum absolute atomic E-state index is 12.1. The van der Waals surface area contributed by atoms with Gasteiger partial charge in [-0.1, -0.05) is 38.2 Å². The van der Waals surface area contributed by atoms with E-state index in [4.69, 9.17) is 19.6 Å². The van der Waals surface area contributed by atoms with Gasteiger partial charge in [0.15, 0.2) is 11.7 Å². The number of carbonyl (C=O) groups excluding carboxylic acids is 1. The van der Waals surface area contributed by atoms with Gasteiger partial charge >= 0.3 is 0 Å². The topological polar surface area (TPSA) is 121 Å². The highest BCUT2D eigenvalue weighted by atomic mass is 32.2. The second kappa shape index (κ2) is 10.1. The number of benzene rings is 1. The Balaban J connectivity index is 1.45. The summed E-state index contributed by atoms with van der Waals surface area (Å²) < 4.78 is 12.1. The molecule has 31 heavy (non-hydrogen) atoms. The molecule has 9 nitrogen and oxygen atoms in total. The first-order chi connectivity index (χ1) is 14.7. The van der Waals surface area contributed by atoms with E-state index in [9.17, 15) is 4.79 Å². The van der Waals surface area contributed by atoms with E-state index < -0.39 is 0 Å². The normalized spacial score (nSPS) is 11.4. The lowest BCUT2D eigenvalue weighted by molar-refractivity contribution is -0.118. The van der Waals surface area contributed by atoms with Gasteiger partial charge in [0.25, 0.3) is 5.91 Å². The average Bonchev–Trinajstić information content (AvgIpc) is 3.33. The van der Waals surface area contributed by atoms with E-state index in [1.54, 1.807) is 24.5 Å². The van der Waals surface area contributed by atoms with Crippen molar-refractivity contribution in [2.75, 3.05) is 17.2 Å². The monoisotopic (exact) mass is 464 g/mol. The summed E-state index contributed by atoms with van der Waals surface area (Å²) in [5.74, 6) is 2.06. The molecule has 0 saturated carbocycles. The summed E-state index contributed by atoms with van der Waals surface area (Å²) in [6.45, 7) is 6.21. The summed E-state index contributed by atoms with van der Waals surface area (Å²) in [6.07, 6.45) is 4.28. The van der Waals surface area contributed by atoms with Crippen LogP contribution in [0.25, 0.3) is 0 Å². The van der Waals surface area contributed by atoms with Crippen molar-refractivity contribution >= 4 is 39.8 Å². The molecule has 0 aliphatic rings. The van der Waals surface area contributed by atoms with Crippen LogP contribution in [0, 0.1) is 5.41 Å². The number of thioether (sulfide) groups is 1. The Morgan fingerprint density at radius 1 is 1.29 bits per heavy atom. The van der Waals surface area contributed by atoms with Gasteiger partial charge in [-0.15, -0.1) is 17.0 Å². The predicted molar refractivity (Wildman–Crippen MR) is 118 cm³/mol. The second-order valence-electron chi connectivity index (χ2n) is 7.85. The SMILES string of the molecule is CC(C)(C)Cc1cnc(CSc2cnc(NC(=O)COc3cccc(N(O)O)c3)s2)o1. The molecule has 0 aliphatic heterocycles. The number of oxazole rings is 1. The van der Waals surface area contributed by atoms with Crippen molar-refractivity contribution in [1.29, 1.82) is 0 Å². The van der Waals surface area contributed by atoms with Crippen LogP contribution in [0.2, 0.25) is 0 Å². The molecule has 1 amide bonds. The van der Waals surface area contributed by atoms with Gasteiger partial charge in [-0.05, 0) is 17.5 Å². The fourth-order valence-electron chi connectivity index (χ4n) is 2.54. The van der Waals surface area contributed by atoms with Gasteiger partial charge in [-0.25, -0.2) is 9.97 Å². The minimum absolute atomic E-state index is 0.0225. The van der Waals surface area contributed by atoms with Gasteiger partial charge in [0.2, 0.25) is 5.89 Å². The van der Waals surface area contributed by atoms with Crippen molar-refractivity contribution in [3.8, 4) is 5.75 Å². The molecule has 0 atom stereocenters. The molecular weight excluding hydrogens is 440 g/mol. The lowest BCUT2D eigenvalue weighted by atomic mass is 9.91. The highest BCUT2D eigenvalue weighted by molar-refractivity contribution is 8.00. The lowest BCUT2D eigenvalue weighted by Gasteiger charge is -2.15. The number of aromatic nitrogens is 2. The molecule has 166 valence electrons. The highest BCUT2D eigenvalue weighted by Crippen LogP contribution is 2.31. The molecule has 0 bridgehead atoms. The Bertz CT molecular complexity index is 1010. The van der Waals surface area contributed by atoms with E-state index in [1.807, 2.05) is 0 Å². The van der Waals surface area contributed by atoms with Crippen LogP contribution in [0.3, 0.4) is 0 Å². The average molecular weight is 465 g/mol. The maximum Gasteiger partial charge on any atom is 0.264 e. The molecule has 0 aliphatic carbocycles. The van der Waals surface area contributed by atoms with E-state index in [-0.39, 0.29) is 28.8 Å². The van der Waals surface area contributed by atoms with Crippen LogP contribution in [-0.2, 0) is 17.0 Å². The van der Waals surface area contributed by atoms with Crippen LogP contribution in [0.1, 0.15) is 32.4 Å². The smallest absolute Gasteiger partial charge is 0.264 e. The Hall–Kier alpha value is -2.60. The van der Waals surface area contributed by atoms with Gasteiger partial charge in [0.1, 0.15) is 11.5 Å². The third-order valence-electron chi connectivity index (χ3n) is 3.79. The van der Waals surface area contributed by atoms with Crippen molar-refractivity contribution < 1.29 is 24.4 Å². The lowest BCUT2D eigenvalue weighted by Crippen LogP contribution is -2.20. The molecule has 0 saturated heterocycles.